The van der Waals surface area contributed by atoms with Crippen LogP contribution in [0, 0.1) is 5.92 Å². The molecule has 0 aromatic heterocycles. The number of nitrogens with two attached hydrogens (primary N) is 1. The minimum atomic E-state index is -0.413. The van der Waals surface area contributed by atoms with Crippen LogP contribution in [0.2, 0.25) is 0 Å². The second-order valence-electron chi connectivity index (χ2n) is 7.03. The van der Waals surface area contributed by atoms with Gasteiger partial charge in [-0.15, -0.1) is 0 Å². The van der Waals surface area contributed by atoms with Gasteiger partial charge >= 0.3 is 0 Å². The average Bonchev–Trinajstić information content (AvgIpc) is 2.47. The number of nitrogens with zero attached hydrogens (tertiary/aromatic N) is 2. The van der Waals surface area contributed by atoms with Crippen LogP contribution in [0.3, 0.4) is 0 Å². The SMILES string of the molecule is CN1CCN(C(=O)CCNC(=O)C2CCCCC2(C)N)CC1. The van der Waals surface area contributed by atoms with Crippen molar-refractivity contribution in [3.63, 3.8) is 0 Å². The lowest BCUT2D eigenvalue weighted by Crippen LogP contribution is -2.53. The first-order chi connectivity index (χ1) is 10.4. The Labute approximate surface area is 133 Å². The first-order valence-corrected chi connectivity index (χ1v) is 8.43. The maximum Gasteiger partial charge on any atom is 0.224 e. The van der Waals surface area contributed by atoms with E-state index in [9.17, 15) is 9.59 Å². The number of carbonyl (C=O) groups excluding carboxylic acids is 2. The van der Waals surface area contributed by atoms with Crippen LogP contribution in [-0.4, -0.2) is 66.9 Å². The Morgan fingerprint density at radius 2 is 1.91 bits per heavy atom. The molecule has 1 saturated carbocycles. The second kappa shape index (κ2) is 7.42. The van der Waals surface area contributed by atoms with E-state index in [-0.39, 0.29) is 17.7 Å². The van der Waals surface area contributed by atoms with Crippen LogP contribution in [0.25, 0.3) is 0 Å². The van der Waals surface area contributed by atoms with E-state index in [2.05, 4.69) is 17.3 Å². The van der Waals surface area contributed by atoms with E-state index in [0.29, 0.717) is 13.0 Å². The Kier molecular flexibility index (Phi) is 5.81. The van der Waals surface area contributed by atoms with Crippen LogP contribution in [-0.2, 0) is 9.59 Å². The fourth-order valence-electron chi connectivity index (χ4n) is 3.42. The van der Waals surface area contributed by atoms with Gasteiger partial charge in [0.15, 0.2) is 0 Å². The predicted octanol–water partition coefficient (Wildman–Crippen LogP) is 0.174. The number of hydrogen-bond donors (Lipinski definition) is 2. The van der Waals surface area contributed by atoms with Crippen molar-refractivity contribution >= 4 is 11.8 Å². The largest absolute Gasteiger partial charge is 0.355 e. The van der Waals surface area contributed by atoms with E-state index in [1.807, 2.05) is 11.8 Å². The van der Waals surface area contributed by atoms with Crippen molar-refractivity contribution in [2.75, 3.05) is 39.8 Å². The third kappa shape index (κ3) is 4.43. The summed E-state index contributed by atoms with van der Waals surface area (Å²) in [5, 5.41) is 2.91. The molecule has 0 aromatic rings. The Bertz CT molecular complexity index is 403. The van der Waals surface area contributed by atoms with Crippen molar-refractivity contribution in [2.45, 2.75) is 44.6 Å². The molecule has 2 aliphatic rings. The first kappa shape index (κ1) is 17.2. The molecule has 1 aliphatic heterocycles. The van der Waals surface area contributed by atoms with Gasteiger partial charge < -0.3 is 20.9 Å². The molecule has 0 radical (unpaired) electrons. The zero-order chi connectivity index (χ0) is 16.2. The van der Waals surface area contributed by atoms with Crippen LogP contribution in [0.1, 0.15) is 39.0 Å². The smallest absolute Gasteiger partial charge is 0.224 e. The average molecular weight is 310 g/mol. The molecule has 0 bridgehead atoms. The van der Waals surface area contributed by atoms with Gasteiger partial charge in [0, 0.05) is 44.7 Å². The van der Waals surface area contributed by atoms with Gasteiger partial charge in [-0.25, -0.2) is 0 Å². The summed E-state index contributed by atoms with van der Waals surface area (Å²) in [5.74, 6) is 0.0171. The van der Waals surface area contributed by atoms with Crippen molar-refractivity contribution in [3.8, 4) is 0 Å². The lowest BCUT2D eigenvalue weighted by molar-refractivity contribution is -0.133. The fraction of sp³-hybridized carbons (Fsp3) is 0.875. The van der Waals surface area contributed by atoms with E-state index in [1.165, 1.54) is 0 Å². The lowest BCUT2D eigenvalue weighted by atomic mass is 9.74. The van der Waals surface area contributed by atoms with E-state index in [0.717, 1.165) is 51.9 Å². The molecule has 6 nitrogen and oxygen atoms in total. The molecule has 2 rings (SSSR count). The van der Waals surface area contributed by atoms with Gasteiger partial charge in [0.2, 0.25) is 11.8 Å². The Balaban J connectivity index is 1.71. The van der Waals surface area contributed by atoms with Gasteiger partial charge in [-0.2, -0.15) is 0 Å². The molecule has 2 amide bonds. The van der Waals surface area contributed by atoms with Crippen molar-refractivity contribution in [3.05, 3.63) is 0 Å². The van der Waals surface area contributed by atoms with Crippen molar-refractivity contribution in [1.29, 1.82) is 0 Å². The van der Waals surface area contributed by atoms with Crippen molar-refractivity contribution in [1.82, 2.24) is 15.1 Å². The molecule has 1 saturated heterocycles. The maximum atomic E-state index is 12.3. The number of hydrogen-bond acceptors (Lipinski definition) is 4. The lowest BCUT2D eigenvalue weighted by Gasteiger charge is -2.37. The topological polar surface area (TPSA) is 78.7 Å². The van der Waals surface area contributed by atoms with Gasteiger partial charge in [0.1, 0.15) is 0 Å². The van der Waals surface area contributed by atoms with Crippen LogP contribution in [0.15, 0.2) is 0 Å². The summed E-state index contributed by atoms with van der Waals surface area (Å²) in [6, 6.07) is 0. The van der Waals surface area contributed by atoms with E-state index >= 15 is 0 Å². The first-order valence-electron chi connectivity index (χ1n) is 8.43. The summed E-state index contributed by atoms with van der Waals surface area (Å²) in [6.45, 7) is 5.79. The standard InChI is InChI=1S/C16H30N4O2/c1-16(17)7-4-3-5-13(16)15(22)18-8-6-14(21)20-11-9-19(2)10-12-20/h13H,3-12,17H2,1-2H3,(H,18,22). The highest BCUT2D eigenvalue weighted by atomic mass is 16.2. The quantitative estimate of drug-likeness (QED) is 0.776. The second-order valence-corrected chi connectivity index (χ2v) is 7.03. The molecular formula is C16H30N4O2. The number of rotatable bonds is 4. The van der Waals surface area contributed by atoms with Gasteiger partial charge in [-0.05, 0) is 26.8 Å². The van der Waals surface area contributed by atoms with E-state index in [1.54, 1.807) is 0 Å². The summed E-state index contributed by atoms with van der Waals surface area (Å²) in [6.07, 6.45) is 4.28. The third-order valence-corrected chi connectivity index (χ3v) is 5.06. The number of likely N-dealkylation sites (N-methyl/N-ethyl adjacent to an activating group) is 1. The summed E-state index contributed by atoms with van der Waals surface area (Å²) in [5.41, 5.74) is 5.83. The molecule has 22 heavy (non-hydrogen) atoms. The van der Waals surface area contributed by atoms with E-state index in [4.69, 9.17) is 5.73 Å². The predicted molar refractivity (Wildman–Crippen MR) is 86.3 cm³/mol. The van der Waals surface area contributed by atoms with Crippen LogP contribution >= 0.6 is 0 Å². The van der Waals surface area contributed by atoms with Crippen molar-refractivity contribution < 1.29 is 9.59 Å². The highest BCUT2D eigenvalue weighted by Gasteiger charge is 2.37. The monoisotopic (exact) mass is 310 g/mol. The Morgan fingerprint density at radius 3 is 2.55 bits per heavy atom. The fourth-order valence-corrected chi connectivity index (χ4v) is 3.42. The molecule has 0 aromatic carbocycles. The molecule has 2 atom stereocenters. The third-order valence-electron chi connectivity index (χ3n) is 5.06. The molecular weight excluding hydrogens is 280 g/mol. The number of piperazine rings is 1. The number of nitrogens with one attached hydrogen (secondary N) is 1. The van der Waals surface area contributed by atoms with Crippen LogP contribution < -0.4 is 11.1 Å². The highest BCUT2D eigenvalue weighted by molar-refractivity contribution is 5.81. The molecule has 1 heterocycles. The minimum absolute atomic E-state index is 0.0101. The maximum absolute atomic E-state index is 12.3. The minimum Gasteiger partial charge on any atom is -0.355 e. The molecule has 3 N–H and O–H groups in total. The molecule has 6 heteroatoms. The summed E-state index contributed by atoms with van der Waals surface area (Å²) < 4.78 is 0. The number of carbonyl (C=O) groups is 2. The van der Waals surface area contributed by atoms with Gasteiger partial charge in [0.05, 0.1) is 5.92 Å². The highest BCUT2D eigenvalue weighted by Crippen LogP contribution is 2.31. The molecule has 2 fully saturated rings. The summed E-state index contributed by atoms with van der Waals surface area (Å²) in [7, 11) is 2.07. The molecule has 2 unspecified atom stereocenters. The Morgan fingerprint density at radius 1 is 1.23 bits per heavy atom. The van der Waals surface area contributed by atoms with Crippen molar-refractivity contribution in [2.24, 2.45) is 11.7 Å². The molecule has 126 valence electrons. The van der Waals surface area contributed by atoms with E-state index < -0.39 is 5.54 Å². The molecule has 1 aliphatic carbocycles. The Hall–Kier alpha value is -1.14. The summed E-state index contributed by atoms with van der Waals surface area (Å²) >= 11 is 0. The molecule has 0 spiro atoms. The van der Waals surface area contributed by atoms with Crippen LogP contribution in [0.4, 0.5) is 0 Å². The van der Waals surface area contributed by atoms with Gasteiger partial charge in [0.25, 0.3) is 0 Å². The van der Waals surface area contributed by atoms with Crippen LogP contribution in [0.5, 0.6) is 0 Å². The zero-order valence-corrected chi connectivity index (χ0v) is 13.9. The normalized spacial score (nSPS) is 30.1. The number of amides is 2. The summed E-state index contributed by atoms with van der Waals surface area (Å²) in [4.78, 5) is 28.5. The van der Waals surface area contributed by atoms with Gasteiger partial charge in [-0.3, -0.25) is 9.59 Å². The van der Waals surface area contributed by atoms with Gasteiger partial charge in [-0.1, -0.05) is 12.8 Å². The zero-order valence-electron chi connectivity index (χ0n) is 13.9.